The van der Waals surface area contributed by atoms with E-state index in [0.717, 1.165) is 32.6 Å². The van der Waals surface area contributed by atoms with Gasteiger partial charge in [-0.1, -0.05) is 19.3 Å². The predicted molar refractivity (Wildman–Crippen MR) is 73.6 cm³/mol. The van der Waals surface area contributed by atoms with Crippen molar-refractivity contribution in [3.63, 3.8) is 0 Å². The molecule has 2 N–H and O–H groups in total. The monoisotopic (exact) mass is 253 g/mol. The summed E-state index contributed by atoms with van der Waals surface area (Å²) in [4.78, 5) is 13.9. The Bertz CT molecular complexity index is 266. The fraction of sp³-hybridized carbons (Fsp3) is 0.929. The van der Waals surface area contributed by atoms with Crippen molar-refractivity contribution in [2.75, 3.05) is 33.2 Å². The first-order valence-corrected chi connectivity index (χ1v) is 7.43. The smallest absolute Gasteiger partial charge is 0.219 e. The first kappa shape index (κ1) is 13.8. The lowest BCUT2D eigenvalue weighted by atomic mass is 9.79. The predicted octanol–water partition coefficient (Wildman–Crippen LogP) is 1.12. The van der Waals surface area contributed by atoms with E-state index in [9.17, 15) is 4.79 Å². The average Bonchev–Trinajstić information content (AvgIpc) is 2.42. The summed E-state index contributed by atoms with van der Waals surface area (Å²) in [6, 6.07) is 0. The van der Waals surface area contributed by atoms with Crippen molar-refractivity contribution < 1.29 is 4.79 Å². The van der Waals surface area contributed by atoms with E-state index >= 15 is 0 Å². The van der Waals surface area contributed by atoms with Crippen molar-refractivity contribution in [2.24, 2.45) is 0 Å². The number of carbonyl (C=O) groups is 1. The van der Waals surface area contributed by atoms with Crippen LogP contribution in [0.5, 0.6) is 0 Å². The number of nitrogens with zero attached hydrogens (tertiary/aromatic N) is 1. The summed E-state index contributed by atoms with van der Waals surface area (Å²) in [5, 5.41) is 6.27. The van der Waals surface area contributed by atoms with Gasteiger partial charge in [-0.2, -0.15) is 0 Å². The lowest BCUT2D eigenvalue weighted by molar-refractivity contribution is -0.120. The summed E-state index contributed by atoms with van der Waals surface area (Å²) < 4.78 is 0. The van der Waals surface area contributed by atoms with Crippen molar-refractivity contribution in [2.45, 2.75) is 50.5 Å². The van der Waals surface area contributed by atoms with E-state index in [2.05, 4.69) is 15.5 Å². The second-order valence-electron chi connectivity index (χ2n) is 5.73. The molecular formula is C14H27N3O. The van der Waals surface area contributed by atoms with Gasteiger partial charge in [-0.25, -0.2) is 0 Å². The Balaban J connectivity index is 1.85. The van der Waals surface area contributed by atoms with E-state index < -0.39 is 0 Å². The van der Waals surface area contributed by atoms with Crippen LogP contribution in [0.25, 0.3) is 0 Å². The minimum Gasteiger partial charge on any atom is -0.359 e. The number of hydrogen-bond acceptors (Lipinski definition) is 3. The van der Waals surface area contributed by atoms with Gasteiger partial charge in [-0.05, 0) is 25.8 Å². The third-order valence-corrected chi connectivity index (χ3v) is 4.58. The lowest BCUT2D eigenvalue weighted by Crippen LogP contribution is -2.62. The molecule has 1 amide bonds. The highest BCUT2D eigenvalue weighted by Gasteiger charge is 2.39. The molecule has 1 saturated heterocycles. The van der Waals surface area contributed by atoms with E-state index in [1.165, 1.54) is 32.1 Å². The topological polar surface area (TPSA) is 44.4 Å². The Morgan fingerprint density at radius 2 is 2.11 bits per heavy atom. The zero-order valence-corrected chi connectivity index (χ0v) is 11.6. The number of piperazine rings is 1. The first-order valence-electron chi connectivity index (χ1n) is 7.43. The summed E-state index contributed by atoms with van der Waals surface area (Å²) >= 11 is 0. The molecule has 0 bridgehead atoms. The molecule has 0 aromatic rings. The zero-order valence-electron chi connectivity index (χ0n) is 11.6. The molecule has 18 heavy (non-hydrogen) atoms. The summed E-state index contributed by atoms with van der Waals surface area (Å²) in [5.41, 5.74) is 0.402. The normalized spacial score (nSPS) is 24.1. The van der Waals surface area contributed by atoms with Crippen molar-refractivity contribution in [1.82, 2.24) is 15.5 Å². The Kier molecular flexibility index (Phi) is 5.01. The van der Waals surface area contributed by atoms with Gasteiger partial charge in [0.05, 0.1) is 0 Å². The number of nitrogens with one attached hydrogen (secondary N) is 2. The first-order chi connectivity index (χ1) is 8.77. The maximum Gasteiger partial charge on any atom is 0.219 e. The van der Waals surface area contributed by atoms with Gasteiger partial charge in [-0.3, -0.25) is 9.69 Å². The van der Waals surface area contributed by atoms with Crippen LogP contribution in [-0.4, -0.2) is 49.6 Å². The molecule has 1 saturated carbocycles. The molecule has 1 aliphatic heterocycles. The van der Waals surface area contributed by atoms with Gasteiger partial charge in [0.2, 0.25) is 5.91 Å². The molecule has 0 aromatic carbocycles. The molecule has 0 aromatic heterocycles. The summed E-state index contributed by atoms with van der Waals surface area (Å²) in [6.07, 6.45) is 8.45. The molecule has 2 aliphatic rings. The molecule has 1 spiro atoms. The molecule has 0 atom stereocenters. The SMILES string of the molecule is CNC(=O)CCCN1CCNCC12CCCCC2. The molecule has 1 aliphatic carbocycles. The minimum absolute atomic E-state index is 0.169. The van der Waals surface area contributed by atoms with E-state index in [-0.39, 0.29) is 5.91 Å². The Morgan fingerprint density at radius 1 is 1.33 bits per heavy atom. The van der Waals surface area contributed by atoms with Crippen LogP contribution in [0.2, 0.25) is 0 Å². The van der Waals surface area contributed by atoms with Gasteiger partial charge in [0, 0.05) is 38.6 Å². The van der Waals surface area contributed by atoms with Gasteiger partial charge in [0.25, 0.3) is 0 Å². The van der Waals surface area contributed by atoms with E-state index in [1.54, 1.807) is 7.05 Å². The van der Waals surface area contributed by atoms with Gasteiger partial charge >= 0.3 is 0 Å². The number of amides is 1. The van der Waals surface area contributed by atoms with E-state index in [4.69, 9.17) is 0 Å². The molecule has 104 valence electrons. The van der Waals surface area contributed by atoms with Crippen molar-refractivity contribution in [3.8, 4) is 0 Å². The van der Waals surface area contributed by atoms with Gasteiger partial charge < -0.3 is 10.6 Å². The molecule has 2 rings (SSSR count). The molecular weight excluding hydrogens is 226 g/mol. The van der Waals surface area contributed by atoms with Crippen LogP contribution in [0.15, 0.2) is 0 Å². The highest BCUT2D eigenvalue weighted by atomic mass is 16.1. The van der Waals surface area contributed by atoms with Crippen molar-refractivity contribution in [3.05, 3.63) is 0 Å². The van der Waals surface area contributed by atoms with E-state index in [0.29, 0.717) is 12.0 Å². The van der Waals surface area contributed by atoms with Crippen LogP contribution >= 0.6 is 0 Å². The minimum atomic E-state index is 0.169. The standard InChI is InChI=1S/C14H27N3O/c1-15-13(18)6-5-10-17-11-9-16-12-14(17)7-3-2-4-8-14/h16H,2-12H2,1H3,(H,15,18). The molecule has 4 nitrogen and oxygen atoms in total. The van der Waals surface area contributed by atoms with Gasteiger partial charge in [0.1, 0.15) is 0 Å². The third-order valence-electron chi connectivity index (χ3n) is 4.58. The third kappa shape index (κ3) is 3.23. The summed E-state index contributed by atoms with van der Waals surface area (Å²) in [5.74, 6) is 0.169. The van der Waals surface area contributed by atoms with Crippen LogP contribution in [0, 0.1) is 0 Å². The number of rotatable bonds is 4. The quantitative estimate of drug-likeness (QED) is 0.789. The Hall–Kier alpha value is -0.610. The molecule has 4 heteroatoms. The highest BCUT2D eigenvalue weighted by molar-refractivity contribution is 5.75. The Labute approximate surface area is 110 Å². The average molecular weight is 253 g/mol. The molecule has 1 heterocycles. The highest BCUT2D eigenvalue weighted by Crippen LogP contribution is 2.34. The van der Waals surface area contributed by atoms with Crippen LogP contribution in [0.4, 0.5) is 0 Å². The number of hydrogen-bond donors (Lipinski definition) is 2. The van der Waals surface area contributed by atoms with Crippen LogP contribution in [-0.2, 0) is 4.79 Å². The van der Waals surface area contributed by atoms with Crippen molar-refractivity contribution >= 4 is 5.91 Å². The lowest BCUT2D eigenvalue weighted by Gasteiger charge is -2.50. The molecule has 0 unspecified atom stereocenters. The molecule has 2 fully saturated rings. The number of carbonyl (C=O) groups excluding carboxylic acids is 1. The van der Waals surface area contributed by atoms with Gasteiger partial charge in [0.15, 0.2) is 0 Å². The van der Waals surface area contributed by atoms with E-state index in [1.807, 2.05) is 0 Å². The van der Waals surface area contributed by atoms with Gasteiger partial charge in [-0.15, -0.1) is 0 Å². The maximum absolute atomic E-state index is 11.3. The fourth-order valence-electron chi connectivity index (χ4n) is 3.49. The largest absolute Gasteiger partial charge is 0.359 e. The molecule has 0 radical (unpaired) electrons. The second kappa shape index (κ2) is 6.53. The fourth-order valence-corrected chi connectivity index (χ4v) is 3.49. The van der Waals surface area contributed by atoms with Crippen molar-refractivity contribution in [1.29, 1.82) is 0 Å². The van der Waals surface area contributed by atoms with Crippen LogP contribution in [0.1, 0.15) is 44.9 Å². The maximum atomic E-state index is 11.3. The summed E-state index contributed by atoms with van der Waals surface area (Å²) in [7, 11) is 1.72. The van der Waals surface area contributed by atoms with Crippen LogP contribution < -0.4 is 10.6 Å². The zero-order chi connectivity index (χ0) is 12.8. The summed E-state index contributed by atoms with van der Waals surface area (Å²) in [6.45, 7) is 4.47. The second-order valence-corrected chi connectivity index (χ2v) is 5.73. The van der Waals surface area contributed by atoms with Crippen LogP contribution in [0.3, 0.4) is 0 Å². The Morgan fingerprint density at radius 3 is 2.83 bits per heavy atom.